The fourth-order valence-corrected chi connectivity index (χ4v) is 8.63. The summed E-state index contributed by atoms with van der Waals surface area (Å²) in [5, 5.41) is 5.81. The molecule has 0 aliphatic heterocycles. The van der Waals surface area contributed by atoms with Gasteiger partial charge in [-0.3, -0.25) is 9.55 Å². The Kier molecular flexibility index (Phi) is 7.93. The first-order valence-electron chi connectivity index (χ1n) is 19.9. The fourth-order valence-electron chi connectivity index (χ4n) is 8.63. The summed E-state index contributed by atoms with van der Waals surface area (Å²) in [6.07, 6.45) is 15.0. The van der Waals surface area contributed by atoms with E-state index in [9.17, 15) is 0 Å². The summed E-state index contributed by atoms with van der Waals surface area (Å²) in [6.45, 7) is 2.10. The molecule has 5 aromatic heterocycles. The molecule has 0 amide bonds. The highest BCUT2D eigenvalue weighted by atomic mass is 16.3. The largest absolute Gasteiger partial charge is 0.456 e. The van der Waals surface area contributed by atoms with Gasteiger partial charge < -0.3 is 14.7 Å². The van der Waals surface area contributed by atoms with Crippen molar-refractivity contribution >= 4 is 66.4 Å². The number of furan rings is 1. The van der Waals surface area contributed by atoms with Crippen LogP contribution in [0.3, 0.4) is 0 Å². The maximum absolute atomic E-state index is 6.66. The molecule has 1 aliphatic carbocycles. The second-order valence-electron chi connectivity index (χ2n) is 14.8. The number of nitrogens with zero attached hydrogens (tertiary/aromatic N) is 5. The molecule has 5 aromatic carbocycles. The van der Waals surface area contributed by atoms with Crippen molar-refractivity contribution in [1.82, 2.24) is 24.1 Å². The van der Waals surface area contributed by atoms with Crippen LogP contribution in [-0.2, 0) is 6.42 Å². The Morgan fingerprint density at radius 3 is 2.29 bits per heavy atom. The summed E-state index contributed by atoms with van der Waals surface area (Å²) < 4.78 is 10.8. The van der Waals surface area contributed by atoms with E-state index in [1.165, 1.54) is 22.0 Å². The molecule has 278 valence electrons. The van der Waals surface area contributed by atoms with E-state index in [0.29, 0.717) is 17.3 Å². The van der Waals surface area contributed by atoms with Crippen LogP contribution < -0.4 is 5.73 Å². The van der Waals surface area contributed by atoms with Gasteiger partial charge >= 0.3 is 0 Å². The minimum absolute atomic E-state index is 0.574. The van der Waals surface area contributed by atoms with Crippen LogP contribution in [0.15, 0.2) is 162 Å². The first-order valence-corrected chi connectivity index (χ1v) is 19.9. The van der Waals surface area contributed by atoms with Crippen LogP contribution in [-0.4, -0.2) is 24.1 Å². The SMILES string of the molecule is CC/C=C\C=C(/N)c1cc(-c2ccccn2)nc(-n2c3c(c4cc(-c5ccc6c(c5)c5ccccc5n6-c5ccc6oc7ccccc7c6c5)ccc42)C=CCC3)n1. The van der Waals surface area contributed by atoms with Crippen molar-refractivity contribution in [3.05, 3.63) is 175 Å². The second-order valence-corrected chi connectivity index (χ2v) is 14.8. The van der Waals surface area contributed by atoms with Gasteiger partial charge in [-0.1, -0.05) is 85.8 Å². The Labute approximate surface area is 334 Å². The summed E-state index contributed by atoms with van der Waals surface area (Å²) in [5.74, 6) is 0.583. The summed E-state index contributed by atoms with van der Waals surface area (Å²) >= 11 is 0. The number of hydrogen-bond acceptors (Lipinski definition) is 5. The molecule has 1 aliphatic rings. The molecule has 11 rings (SSSR count). The molecule has 0 bridgehead atoms. The Bertz CT molecular complexity index is 3340. The number of nitrogens with two attached hydrogens (primary N) is 1. The Morgan fingerprint density at radius 2 is 1.45 bits per heavy atom. The van der Waals surface area contributed by atoms with Crippen LogP contribution in [0.2, 0.25) is 0 Å². The van der Waals surface area contributed by atoms with Gasteiger partial charge in [-0.05, 0) is 109 Å². The molecule has 2 N–H and O–H groups in total. The molecule has 0 spiro atoms. The third-order valence-electron chi connectivity index (χ3n) is 11.4. The van der Waals surface area contributed by atoms with Crippen molar-refractivity contribution in [2.24, 2.45) is 5.73 Å². The minimum Gasteiger partial charge on any atom is -0.456 e. The molecule has 0 saturated heterocycles. The number of fused-ring (bicyclic) bond motifs is 9. The normalized spacial score (nSPS) is 13.2. The third kappa shape index (κ3) is 5.46. The van der Waals surface area contributed by atoms with Gasteiger partial charge in [-0.25, -0.2) is 9.97 Å². The molecular weight excluding hydrogens is 713 g/mol. The maximum atomic E-state index is 6.66. The third-order valence-corrected chi connectivity index (χ3v) is 11.4. The lowest BCUT2D eigenvalue weighted by atomic mass is 9.98. The van der Waals surface area contributed by atoms with Crippen LogP contribution >= 0.6 is 0 Å². The van der Waals surface area contributed by atoms with E-state index in [1.807, 2.05) is 48.6 Å². The van der Waals surface area contributed by atoms with Crippen LogP contribution in [0.1, 0.15) is 36.7 Å². The van der Waals surface area contributed by atoms with Crippen molar-refractivity contribution in [3.63, 3.8) is 0 Å². The molecular formula is C51H38N6O. The van der Waals surface area contributed by atoms with E-state index in [-0.39, 0.29) is 0 Å². The van der Waals surface area contributed by atoms with Crippen LogP contribution in [0.5, 0.6) is 0 Å². The Balaban J connectivity index is 1.06. The molecule has 5 heterocycles. The van der Waals surface area contributed by atoms with Crippen molar-refractivity contribution in [1.29, 1.82) is 0 Å². The first-order chi connectivity index (χ1) is 28.6. The predicted molar refractivity (Wildman–Crippen MR) is 238 cm³/mol. The Hall–Kier alpha value is -7.51. The quantitative estimate of drug-likeness (QED) is 0.164. The van der Waals surface area contributed by atoms with Gasteiger partial charge in [0.1, 0.15) is 11.2 Å². The number of allylic oxidation sites excluding steroid dienone is 4. The number of para-hydroxylation sites is 2. The van der Waals surface area contributed by atoms with E-state index >= 15 is 0 Å². The van der Waals surface area contributed by atoms with Crippen LogP contribution in [0, 0.1) is 0 Å². The highest BCUT2D eigenvalue weighted by molar-refractivity contribution is 6.12. The summed E-state index contributed by atoms with van der Waals surface area (Å²) in [4.78, 5) is 14.9. The number of benzene rings is 5. The van der Waals surface area contributed by atoms with Crippen molar-refractivity contribution in [3.8, 4) is 34.2 Å². The molecule has 0 atom stereocenters. The minimum atomic E-state index is 0.574. The average molecular weight is 751 g/mol. The number of pyridine rings is 1. The molecule has 0 fully saturated rings. The maximum Gasteiger partial charge on any atom is 0.235 e. The van der Waals surface area contributed by atoms with Gasteiger partial charge in [-0.2, -0.15) is 0 Å². The van der Waals surface area contributed by atoms with E-state index in [1.54, 1.807) is 6.20 Å². The van der Waals surface area contributed by atoms with Crippen molar-refractivity contribution in [2.75, 3.05) is 0 Å². The fraction of sp³-hybridized carbons (Fsp3) is 0.0784. The van der Waals surface area contributed by atoms with Crippen LogP contribution in [0.4, 0.5) is 0 Å². The van der Waals surface area contributed by atoms with Crippen molar-refractivity contribution < 1.29 is 4.42 Å². The lowest BCUT2D eigenvalue weighted by Crippen LogP contribution is -2.11. The van der Waals surface area contributed by atoms with E-state index in [0.717, 1.165) is 91.3 Å². The highest BCUT2D eigenvalue weighted by Gasteiger charge is 2.23. The lowest BCUT2D eigenvalue weighted by molar-refractivity contribution is 0.669. The van der Waals surface area contributed by atoms with Gasteiger partial charge in [-0.15, -0.1) is 0 Å². The molecule has 58 heavy (non-hydrogen) atoms. The topological polar surface area (TPSA) is 87.7 Å². The lowest BCUT2D eigenvalue weighted by Gasteiger charge is -2.14. The number of rotatable bonds is 7. The zero-order chi connectivity index (χ0) is 38.7. The van der Waals surface area contributed by atoms with Gasteiger partial charge in [0, 0.05) is 50.1 Å². The number of hydrogen-bond donors (Lipinski definition) is 1. The number of aromatic nitrogens is 5. The van der Waals surface area contributed by atoms with Gasteiger partial charge in [0.05, 0.1) is 39.3 Å². The molecule has 0 unspecified atom stereocenters. The average Bonchev–Trinajstić information content (AvgIpc) is 3.93. The van der Waals surface area contributed by atoms with Gasteiger partial charge in [0.15, 0.2) is 0 Å². The Morgan fingerprint density at radius 1 is 0.690 bits per heavy atom. The molecule has 7 nitrogen and oxygen atoms in total. The van der Waals surface area contributed by atoms with E-state index in [2.05, 4.69) is 130 Å². The zero-order valence-electron chi connectivity index (χ0n) is 31.9. The summed E-state index contributed by atoms with van der Waals surface area (Å²) in [7, 11) is 0. The van der Waals surface area contributed by atoms with Gasteiger partial charge in [0.25, 0.3) is 0 Å². The smallest absolute Gasteiger partial charge is 0.235 e. The monoisotopic (exact) mass is 750 g/mol. The van der Waals surface area contributed by atoms with E-state index in [4.69, 9.17) is 20.1 Å². The highest BCUT2D eigenvalue weighted by Crippen LogP contribution is 2.40. The first kappa shape index (κ1) is 33.8. The van der Waals surface area contributed by atoms with Crippen LogP contribution in [0.25, 0.3) is 101 Å². The van der Waals surface area contributed by atoms with Crippen molar-refractivity contribution in [2.45, 2.75) is 26.2 Å². The molecule has 0 radical (unpaired) electrons. The molecule has 0 saturated carbocycles. The molecule has 10 aromatic rings. The predicted octanol–water partition coefficient (Wildman–Crippen LogP) is 12.4. The van der Waals surface area contributed by atoms with E-state index < -0.39 is 0 Å². The summed E-state index contributed by atoms with van der Waals surface area (Å²) in [5.41, 5.74) is 20.3. The van der Waals surface area contributed by atoms with Gasteiger partial charge in [0.2, 0.25) is 5.95 Å². The molecule has 7 heteroatoms. The summed E-state index contributed by atoms with van der Waals surface area (Å²) in [6, 6.07) is 44.8. The standard InChI is InChI=1S/C51H38N6O/c1-2-3-4-16-41(52)43-31-44(42-17-11-12-27-53-42)55-51(54-43)57-46-19-9-6-14-36(46)39-29-33(22-25-48(39)57)32-21-24-47-38(28-32)35-13-5-8-18-45(35)56(47)34-23-26-50-40(30-34)37-15-7-10-20-49(37)58-50/h3-8,10-18,20-31H,2,9,19,52H2,1H3/b4-3-,41-16-. The second kappa shape index (κ2) is 13.6. The zero-order valence-corrected chi connectivity index (χ0v) is 31.9.